The summed E-state index contributed by atoms with van der Waals surface area (Å²) in [6.45, 7) is 6.23. The van der Waals surface area contributed by atoms with Crippen molar-refractivity contribution >= 4 is 32.7 Å². The van der Waals surface area contributed by atoms with Crippen molar-refractivity contribution in [2.45, 2.75) is 38.8 Å². The van der Waals surface area contributed by atoms with E-state index >= 15 is 0 Å². The number of aromatic amines is 2. The summed E-state index contributed by atoms with van der Waals surface area (Å²) in [5.41, 5.74) is 2.16. The first-order valence-corrected chi connectivity index (χ1v) is 7.33. The number of ether oxygens (including phenoxy) is 1. The van der Waals surface area contributed by atoms with E-state index in [0.29, 0.717) is 0 Å². The second-order valence-corrected chi connectivity index (χ2v) is 6.52. The van der Waals surface area contributed by atoms with Gasteiger partial charge in [-0.3, -0.25) is 0 Å². The Morgan fingerprint density at radius 1 is 1.35 bits per heavy atom. The molecular formula is C14H20BrN3O2. The quantitative estimate of drug-likeness (QED) is 0.781. The molecule has 0 aliphatic rings. The van der Waals surface area contributed by atoms with Gasteiger partial charge in [0.1, 0.15) is 0 Å². The molecule has 1 aromatic heterocycles. The maximum Gasteiger partial charge on any atom is 0.323 e. The van der Waals surface area contributed by atoms with Gasteiger partial charge >= 0.3 is 5.69 Å². The van der Waals surface area contributed by atoms with Crippen molar-refractivity contribution in [1.29, 1.82) is 0 Å². The van der Waals surface area contributed by atoms with E-state index in [4.69, 9.17) is 4.74 Å². The number of halogens is 1. The van der Waals surface area contributed by atoms with Crippen molar-refractivity contribution < 1.29 is 4.74 Å². The number of aromatic nitrogens is 2. The fourth-order valence-corrected chi connectivity index (χ4v) is 2.76. The molecule has 0 bridgehead atoms. The Morgan fingerprint density at radius 3 is 2.55 bits per heavy atom. The topological polar surface area (TPSA) is 69.9 Å². The van der Waals surface area contributed by atoms with Crippen LogP contribution in [-0.2, 0) is 4.74 Å². The number of hydrogen-bond acceptors (Lipinski definition) is 3. The van der Waals surface area contributed by atoms with E-state index in [-0.39, 0.29) is 17.3 Å². The number of anilines is 1. The molecule has 2 rings (SSSR count). The van der Waals surface area contributed by atoms with Gasteiger partial charge in [0, 0.05) is 17.6 Å². The van der Waals surface area contributed by atoms with Crippen LogP contribution in [0.5, 0.6) is 0 Å². The minimum atomic E-state index is -0.197. The fourth-order valence-electron chi connectivity index (χ4n) is 2.30. The zero-order valence-corrected chi connectivity index (χ0v) is 13.7. The Morgan fingerprint density at radius 2 is 1.95 bits per heavy atom. The smallest absolute Gasteiger partial charge is 0.323 e. The highest BCUT2D eigenvalue weighted by Gasteiger charge is 2.20. The molecule has 0 spiro atoms. The Hall–Kier alpha value is -1.27. The standard InChI is InChI=1S/C14H20BrN3O2/c1-8(7-14(2,3)20-4)16-10-6-12-11(5-9(10)15)17-13(19)18-12/h5-6,8,16H,7H2,1-4H3,(H2,17,18,19). The molecule has 5 nitrogen and oxygen atoms in total. The van der Waals surface area contributed by atoms with Crippen LogP contribution in [-0.4, -0.2) is 28.7 Å². The van der Waals surface area contributed by atoms with E-state index in [9.17, 15) is 4.79 Å². The summed E-state index contributed by atoms with van der Waals surface area (Å²) in [5.74, 6) is 0. The molecule has 1 aromatic carbocycles. The molecule has 0 saturated carbocycles. The fraction of sp³-hybridized carbons (Fsp3) is 0.500. The van der Waals surface area contributed by atoms with Crippen molar-refractivity contribution in [3.05, 3.63) is 27.1 Å². The molecule has 2 aromatic rings. The molecule has 110 valence electrons. The number of hydrogen-bond donors (Lipinski definition) is 3. The minimum Gasteiger partial charge on any atom is -0.382 e. The monoisotopic (exact) mass is 341 g/mol. The van der Waals surface area contributed by atoms with E-state index in [2.05, 4.69) is 52.0 Å². The van der Waals surface area contributed by atoms with E-state index in [1.807, 2.05) is 12.1 Å². The van der Waals surface area contributed by atoms with Gasteiger partial charge in [-0.15, -0.1) is 0 Å². The largest absolute Gasteiger partial charge is 0.382 e. The molecule has 1 atom stereocenters. The number of nitrogens with one attached hydrogen (secondary N) is 3. The van der Waals surface area contributed by atoms with Crippen LogP contribution in [0.15, 0.2) is 21.4 Å². The molecule has 1 unspecified atom stereocenters. The third-order valence-electron chi connectivity index (χ3n) is 3.36. The summed E-state index contributed by atoms with van der Waals surface area (Å²) in [4.78, 5) is 16.8. The van der Waals surface area contributed by atoms with Gasteiger partial charge in [-0.05, 0) is 55.3 Å². The van der Waals surface area contributed by atoms with Gasteiger partial charge in [-0.2, -0.15) is 0 Å². The van der Waals surface area contributed by atoms with Gasteiger partial charge in [0.15, 0.2) is 0 Å². The lowest BCUT2D eigenvalue weighted by atomic mass is 9.99. The van der Waals surface area contributed by atoms with Crippen molar-refractivity contribution in [2.75, 3.05) is 12.4 Å². The van der Waals surface area contributed by atoms with Crippen LogP contribution >= 0.6 is 15.9 Å². The lowest BCUT2D eigenvalue weighted by molar-refractivity contribution is 0.0128. The predicted molar refractivity (Wildman–Crippen MR) is 85.4 cm³/mol. The first-order valence-electron chi connectivity index (χ1n) is 6.54. The third kappa shape index (κ3) is 3.43. The van der Waals surface area contributed by atoms with Crippen molar-refractivity contribution in [2.24, 2.45) is 0 Å². The SMILES string of the molecule is COC(C)(C)CC(C)Nc1cc2[nH]c(=O)[nH]c2cc1Br. The lowest BCUT2D eigenvalue weighted by Gasteiger charge is -2.27. The lowest BCUT2D eigenvalue weighted by Crippen LogP contribution is -2.31. The normalized spacial score (nSPS) is 13.7. The average molecular weight is 342 g/mol. The van der Waals surface area contributed by atoms with Crippen LogP contribution in [0, 0.1) is 0 Å². The van der Waals surface area contributed by atoms with Gasteiger partial charge in [0.2, 0.25) is 0 Å². The van der Waals surface area contributed by atoms with Crippen LogP contribution in [0.2, 0.25) is 0 Å². The summed E-state index contributed by atoms with van der Waals surface area (Å²) in [5, 5.41) is 3.44. The first kappa shape index (κ1) is 15.1. The molecule has 0 aliphatic heterocycles. The maximum absolute atomic E-state index is 11.3. The summed E-state index contributed by atoms with van der Waals surface area (Å²) in [6, 6.07) is 4.06. The summed E-state index contributed by atoms with van der Waals surface area (Å²) in [7, 11) is 1.72. The van der Waals surface area contributed by atoms with Crippen molar-refractivity contribution in [1.82, 2.24) is 9.97 Å². The molecule has 20 heavy (non-hydrogen) atoms. The summed E-state index contributed by atoms with van der Waals surface area (Å²) < 4.78 is 6.36. The van der Waals surface area contributed by atoms with E-state index in [0.717, 1.165) is 27.6 Å². The van der Waals surface area contributed by atoms with Crippen LogP contribution < -0.4 is 11.0 Å². The van der Waals surface area contributed by atoms with Gasteiger partial charge in [0.05, 0.1) is 22.3 Å². The Labute approximate surface area is 126 Å². The van der Waals surface area contributed by atoms with Crippen molar-refractivity contribution in [3.8, 4) is 0 Å². The van der Waals surface area contributed by atoms with Crippen LogP contribution in [0.3, 0.4) is 0 Å². The zero-order valence-electron chi connectivity index (χ0n) is 12.1. The second kappa shape index (κ2) is 5.61. The molecule has 0 fully saturated rings. The second-order valence-electron chi connectivity index (χ2n) is 5.67. The number of benzene rings is 1. The minimum absolute atomic E-state index is 0.175. The predicted octanol–water partition coefficient (Wildman–Crippen LogP) is 3.23. The van der Waals surface area contributed by atoms with Gasteiger partial charge in [-0.25, -0.2) is 4.79 Å². The highest BCUT2D eigenvalue weighted by atomic mass is 79.9. The summed E-state index contributed by atoms with van der Waals surface area (Å²) in [6.07, 6.45) is 0.873. The molecule has 0 radical (unpaired) electrons. The molecule has 6 heteroatoms. The number of H-pyrrole nitrogens is 2. The molecule has 0 saturated heterocycles. The number of rotatable bonds is 5. The van der Waals surface area contributed by atoms with E-state index in [1.54, 1.807) is 7.11 Å². The van der Waals surface area contributed by atoms with Crippen molar-refractivity contribution in [3.63, 3.8) is 0 Å². The maximum atomic E-state index is 11.3. The van der Waals surface area contributed by atoms with Crippen LogP contribution in [0.1, 0.15) is 27.2 Å². The Kier molecular flexibility index (Phi) is 4.25. The number of methoxy groups -OCH3 is 1. The van der Waals surface area contributed by atoms with Gasteiger partial charge in [0.25, 0.3) is 0 Å². The van der Waals surface area contributed by atoms with E-state index < -0.39 is 0 Å². The highest BCUT2D eigenvalue weighted by Crippen LogP contribution is 2.28. The first-order chi connectivity index (χ1) is 9.30. The number of imidazole rings is 1. The molecule has 0 aliphatic carbocycles. The Bertz CT molecular complexity index is 660. The van der Waals surface area contributed by atoms with Crippen LogP contribution in [0.25, 0.3) is 11.0 Å². The molecule has 1 heterocycles. The Balaban J connectivity index is 2.20. The van der Waals surface area contributed by atoms with Gasteiger partial charge in [-0.1, -0.05) is 0 Å². The highest BCUT2D eigenvalue weighted by molar-refractivity contribution is 9.10. The number of fused-ring (bicyclic) bond motifs is 1. The zero-order chi connectivity index (χ0) is 14.9. The molecule has 0 amide bonds. The van der Waals surface area contributed by atoms with Gasteiger partial charge < -0.3 is 20.0 Å². The molecular weight excluding hydrogens is 322 g/mol. The average Bonchev–Trinajstić information content (AvgIpc) is 2.68. The van der Waals surface area contributed by atoms with E-state index in [1.165, 1.54) is 0 Å². The van der Waals surface area contributed by atoms with Crippen LogP contribution in [0.4, 0.5) is 5.69 Å². The molecule has 3 N–H and O–H groups in total. The third-order valence-corrected chi connectivity index (χ3v) is 4.01. The summed E-state index contributed by atoms with van der Waals surface area (Å²) >= 11 is 3.52.